The Labute approximate surface area is 95.4 Å². The van der Waals surface area contributed by atoms with E-state index >= 15 is 0 Å². The number of aromatic nitrogens is 3. The van der Waals surface area contributed by atoms with Crippen LogP contribution in [0.1, 0.15) is 11.5 Å². The molecule has 0 N–H and O–H groups in total. The highest BCUT2D eigenvalue weighted by Gasteiger charge is 2.32. The van der Waals surface area contributed by atoms with Crippen LogP contribution in [0.3, 0.4) is 0 Å². The van der Waals surface area contributed by atoms with E-state index in [4.69, 9.17) is 0 Å². The topological polar surface area (TPSA) is 38.7 Å². The van der Waals surface area contributed by atoms with Gasteiger partial charge in [-0.1, -0.05) is 6.07 Å². The number of rotatable bonds is 1. The van der Waals surface area contributed by atoms with Crippen LogP contribution >= 0.6 is 0 Å². The van der Waals surface area contributed by atoms with Crippen LogP contribution < -0.4 is 0 Å². The molecule has 17 heavy (non-hydrogen) atoms. The van der Waals surface area contributed by atoms with E-state index in [0.717, 1.165) is 6.07 Å². The molecular formula is C11H8F3N3. The van der Waals surface area contributed by atoms with Crippen LogP contribution in [-0.2, 0) is 6.18 Å². The molecule has 6 heteroatoms. The third-order valence-corrected chi connectivity index (χ3v) is 2.08. The quantitative estimate of drug-likeness (QED) is 0.768. The largest absolute Gasteiger partial charge is 0.433 e. The van der Waals surface area contributed by atoms with Gasteiger partial charge in [0.05, 0.1) is 11.4 Å². The molecule has 2 aromatic heterocycles. The number of hydrogen-bond donors (Lipinski definition) is 0. The predicted octanol–water partition coefficient (Wildman–Crippen LogP) is 2.87. The molecule has 0 radical (unpaired) electrons. The molecule has 0 spiro atoms. The number of alkyl halides is 3. The molecule has 0 aromatic carbocycles. The third-order valence-electron chi connectivity index (χ3n) is 2.08. The molecule has 0 amide bonds. The van der Waals surface area contributed by atoms with Gasteiger partial charge in [-0.25, -0.2) is 15.0 Å². The Kier molecular flexibility index (Phi) is 2.79. The van der Waals surface area contributed by atoms with Gasteiger partial charge in [-0.15, -0.1) is 0 Å². The average Bonchev–Trinajstić information content (AvgIpc) is 2.28. The van der Waals surface area contributed by atoms with E-state index in [1.54, 1.807) is 6.92 Å². The predicted molar refractivity (Wildman–Crippen MR) is 55.0 cm³/mol. The highest BCUT2D eigenvalue weighted by atomic mass is 19.4. The smallest absolute Gasteiger partial charge is 0.242 e. The SMILES string of the molecule is Cc1nccc(-c2cccc(C(F)(F)F)n2)n1. The normalized spacial score (nSPS) is 11.5. The molecule has 0 fully saturated rings. The van der Waals surface area contributed by atoms with Crippen molar-refractivity contribution in [1.82, 2.24) is 15.0 Å². The summed E-state index contributed by atoms with van der Waals surface area (Å²) < 4.78 is 37.4. The van der Waals surface area contributed by atoms with E-state index in [1.807, 2.05) is 0 Å². The molecule has 2 rings (SSSR count). The second-order valence-electron chi connectivity index (χ2n) is 3.39. The minimum atomic E-state index is -4.45. The first-order valence-electron chi connectivity index (χ1n) is 4.81. The van der Waals surface area contributed by atoms with E-state index in [0.29, 0.717) is 11.5 Å². The zero-order valence-corrected chi connectivity index (χ0v) is 8.86. The molecular weight excluding hydrogens is 231 g/mol. The Morgan fingerprint density at radius 2 is 1.71 bits per heavy atom. The van der Waals surface area contributed by atoms with Gasteiger partial charge < -0.3 is 0 Å². The lowest BCUT2D eigenvalue weighted by molar-refractivity contribution is -0.141. The van der Waals surface area contributed by atoms with Gasteiger partial charge >= 0.3 is 6.18 Å². The molecule has 0 atom stereocenters. The second kappa shape index (κ2) is 4.12. The van der Waals surface area contributed by atoms with Crippen LogP contribution in [0.2, 0.25) is 0 Å². The van der Waals surface area contributed by atoms with Gasteiger partial charge in [0.2, 0.25) is 0 Å². The molecule has 3 nitrogen and oxygen atoms in total. The zero-order chi connectivity index (χ0) is 12.5. The minimum Gasteiger partial charge on any atom is -0.242 e. The highest BCUT2D eigenvalue weighted by Crippen LogP contribution is 2.28. The van der Waals surface area contributed by atoms with E-state index in [9.17, 15) is 13.2 Å². The van der Waals surface area contributed by atoms with Crippen molar-refractivity contribution in [3.63, 3.8) is 0 Å². The van der Waals surface area contributed by atoms with Crippen molar-refractivity contribution >= 4 is 0 Å². The minimum absolute atomic E-state index is 0.185. The maximum atomic E-state index is 12.5. The van der Waals surface area contributed by atoms with Gasteiger partial charge in [-0.05, 0) is 25.1 Å². The molecule has 2 heterocycles. The first kappa shape index (κ1) is 11.5. The summed E-state index contributed by atoms with van der Waals surface area (Å²) in [5.74, 6) is 0.488. The van der Waals surface area contributed by atoms with Crippen LogP contribution in [0.4, 0.5) is 13.2 Å². The number of nitrogens with zero attached hydrogens (tertiary/aromatic N) is 3. The molecule has 0 aliphatic heterocycles. The summed E-state index contributed by atoms with van der Waals surface area (Å²) in [7, 11) is 0. The molecule has 0 saturated carbocycles. The Morgan fingerprint density at radius 3 is 2.35 bits per heavy atom. The monoisotopic (exact) mass is 239 g/mol. The van der Waals surface area contributed by atoms with Crippen LogP contribution in [0.25, 0.3) is 11.4 Å². The summed E-state index contributed by atoms with van der Waals surface area (Å²) in [4.78, 5) is 11.4. The molecule has 0 aliphatic carbocycles. The Morgan fingerprint density at radius 1 is 1.00 bits per heavy atom. The van der Waals surface area contributed by atoms with Crippen LogP contribution in [0.5, 0.6) is 0 Å². The van der Waals surface area contributed by atoms with Gasteiger partial charge in [-0.2, -0.15) is 13.2 Å². The van der Waals surface area contributed by atoms with Gasteiger partial charge in [0.15, 0.2) is 0 Å². The van der Waals surface area contributed by atoms with E-state index in [2.05, 4.69) is 15.0 Å². The fraction of sp³-hybridized carbons (Fsp3) is 0.182. The van der Waals surface area contributed by atoms with Crippen LogP contribution in [0.15, 0.2) is 30.5 Å². The Balaban J connectivity index is 2.47. The Bertz CT molecular complexity index is 537. The summed E-state index contributed by atoms with van der Waals surface area (Å²) in [5, 5.41) is 0. The third kappa shape index (κ3) is 2.58. The van der Waals surface area contributed by atoms with Crippen molar-refractivity contribution in [2.24, 2.45) is 0 Å². The van der Waals surface area contributed by atoms with Crippen molar-refractivity contribution in [2.75, 3.05) is 0 Å². The van der Waals surface area contributed by atoms with Gasteiger partial charge in [0, 0.05) is 6.20 Å². The lowest BCUT2D eigenvalue weighted by Crippen LogP contribution is -2.08. The fourth-order valence-corrected chi connectivity index (χ4v) is 1.33. The van der Waals surface area contributed by atoms with Gasteiger partial charge in [0.1, 0.15) is 11.5 Å². The maximum Gasteiger partial charge on any atom is 0.433 e. The lowest BCUT2D eigenvalue weighted by Gasteiger charge is -2.07. The van der Waals surface area contributed by atoms with Crippen molar-refractivity contribution in [2.45, 2.75) is 13.1 Å². The van der Waals surface area contributed by atoms with Crippen LogP contribution in [-0.4, -0.2) is 15.0 Å². The molecule has 0 aliphatic rings. The first-order valence-corrected chi connectivity index (χ1v) is 4.81. The van der Waals surface area contributed by atoms with Crippen molar-refractivity contribution in [3.8, 4) is 11.4 Å². The summed E-state index contributed by atoms with van der Waals surface area (Å²) in [5.41, 5.74) is -0.361. The summed E-state index contributed by atoms with van der Waals surface area (Å²) in [6, 6.07) is 5.24. The van der Waals surface area contributed by atoms with Crippen LogP contribution in [0, 0.1) is 6.92 Å². The fourth-order valence-electron chi connectivity index (χ4n) is 1.33. The number of halogens is 3. The summed E-state index contributed by atoms with van der Waals surface area (Å²) >= 11 is 0. The molecule has 0 saturated heterocycles. The van der Waals surface area contributed by atoms with Gasteiger partial charge in [-0.3, -0.25) is 0 Å². The number of aryl methyl sites for hydroxylation is 1. The molecule has 88 valence electrons. The standard InChI is InChI=1S/C11H8F3N3/c1-7-15-6-5-9(16-7)8-3-2-4-10(17-8)11(12,13)14/h2-6H,1H3. The number of pyridine rings is 1. The summed E-state index contributed by atoms with van der Waals surface area (Å²) in [6.07, 6.45) is -2.96. The molecule has 2 aromatic rings. The first-order chi connectivity index (χ1) is 7.97. The van der Waals surface area contributed by atoms with E-state index in [1.165, 1.54) is 24.4 Å². The van der Waals surface area contributed by atoms with Crippen molar-refractivity contribution in [1.29, 1.82) is 0 Å². The lowest BCUT2D eigenvalue weighted by atomic mass is 10.2. The zero-order valence-electron chi connectivity index (χ0n) is 8.86. The Hall–Kier alpha value is -1.98. The molecule has 0 unspecified atom stereocenters. The maximum absolute atomic E-state index is 12.5. The van der Waals surface area contributed by atoms with Gasteiger partial charge in [0.25, 0.3) is 0 Å². The second-order valence-corrected chi connectivity index (χ2v) is 3.39. The van der Waals surface area contributed by atoms with Crippen molar-refractivity contribution in [3.05, 3.63) is 42.0 Å². The van der Waals surface area contributed by atoms with Crippen molar-refractivity contribution < 1.29 is 13.2 Å². The van der Waals surface area contributed by atoms with E-state index < -0.39 is 11.9 Å². The number of hydrogen-bond acceptors (Lipinski definition) is 3. The summed E-state index contributed by atoms with van der Waals surface area (Å²) in [6.45, 7) is 1.66. The highest BCUT2D eigenvalue weighted by molar-refractivity contribution is 5.53. The van der Waals surface area contributed by atoms with E-state index in [-0.39, 0.29) is 5.69 Å². The molecule has 0 bridgehead atoms. The average molecular weight is 239 g/mol.